The lowest BCUT2D eigenvalue weighted by Gasteiger charge is -2.16. The lowest BCUT2D eigenvalue weighted by molar-refractivity contribution is 0.0950. The van der Waals surface area contributed by atoms with Crippen LogP contribution in [-0.4, -0.2) is 34.2 Å². The van der Waals surface area contributed by atoms with Gasteiger partial charge in [0, 0.05) is 24.7 Å². The van der Waals surface area contributed by atoms with Crippen LogP contribution in [0.3, 0.4) is 0 Å². The zero-order valence-electron chi connectivity index (χ0n) is 14.5. The molecule has 0 unspecified atom stereocenters. The molecule has 0 spiro atoms. The van der Waals surface area contributed by atoms with Crippen LogP contribution in [0.5, 0.6) is 5.75 Å². The van der Waals surface area contributed by atoms with E-state index >= 15 is 0 Å². The second kappa shape index (κ2) is 8.02. The molecule has 0 atom stereocenters. The van der Waals surface area contributed by atoms with Crippen molar-refractivity contribution in [3.05, 3.63) is 59.7 Å². The standard InChI is InChI=1S/C18H22N2O4S/c1-4-24-17-8-6-5-7-15(17)13-19-18(21)14-9-11-16(12-10-14)20(2)25(3,22)23/h5-12H,4,13H2,1-3H3,(H,19,21). The maximum Gasteiger partial charge on any atom is 0.251 e. The Morgan fingerprint density at radius 2 is 1.76 bits per heavy atom. The van der Waals surface area contributed by atoms with Crippen molar-refractivity contribution in [2.75, 3.05) is 24.2 Å². The molecule has 0 aliphatic heterocycles. The number of hydrogen-bond acceptors (Lipinski definition) is 4. The highest BCUT2D eigenvalue weighted by Crippen LogP contribution is 2.19. The number of nitrogens with one attached hydrogen (secondary N) is 1. The number of benzene rings is 2. The van der Waals surface area contributed by atoms with E-state index in [-0.39, 0.29) is 5.91 Å². The van der Waals surface area contributed by atoms with Crippen molar-refractivity contribution in [2.24, 2.45) is 0 Å². The van der Waals surface area contributed by atoms with Crippen LogP contribution < -0.4 is 14.4 Å². The molecule has 134 valence electrons. The molecule has 1 amide bonds. The van der Waals surface area contributed by atoms with Gasteiger partial charge in [-0.05, 0) is 37.3 Å². The molecule has 7 heteroatoms. The Kier molecular flexibility index (Phi) is 6.03. The smallest absolute Gasteiger partial charge is 0.251 e. The number of hydrogen-bond donors (Lipinski definition) is 1. The fourth-order valence-corrected chi connectivity index (χ4v) is 2.74. The van der Waals surface area contributed by atoms with Crippen LogP contribution in [-0.2, 0) is 16.6 Å². The molecule has 2 aromatic carbocycles. The number of carbonyl (C=O) groups excluding carboxylic acids is 1. The van der Waals surface area contributed by atoms with Gasteiger partial charge in [-0.25, -0.2) is 8.42 Å². The fraction of sp³-hybridized carbons (Fsp3) is 0.278. The van der Waals surface area contributed by atoms with E-state index in [1.54, 1.807) is 24.3 Å². The molecule has 0 heterocycles. The summed E-state index contributed by atoms with van der Waals surface area (Å²) in [5, 5.41) is 2.84. The Morgan fingerprint density at radius 3 is 2.36 bits per heavy atom. The second-order valence-corrected chi connectivity index (χ2v) is 7.51. The molecule has 0 saturated carbocycles. The number of carbonyl (C=O) groups is 1. The number of rotatable bonds is 7. The van der Waals surface area contributed by atoms with Crippen LogP contribution >= 0.6 is 0 Å². The van der Waals surface area contributed by atoms with Crippen molar-refractivity contribution in [3.8, 4) is 5.75 Å². The number of nitrogens with zero attached hydrogens (tertiary/aromatic N) is 1. The molecule has 0 saturated heterocycles. The third kappa shape index (κ3) is 4.96. The SMILES string of the molecule is CCOc1ccccc1CNC(=O)c1ccc(N(C)S(C)(=O)=O)cc1. The molecule has 0 radical (unpaired) electrons. The summed E-state index contributed by atoms with van der Waals surface area (Å²) in [6, 6.07) is 13.9. The van der Waals surface area contributed by atoms with E-state index in [4.69, 9.17) is 4.74 Å². The zero-order valence-corrected chi connectivity index (χ0v) is 15.3. The van der Waals surface area contributed by atoms with Crippen LogP contribution in [0.1, 0.15) is 22.8 Å². The molecule has 0 fully saturated rings. The second-order valence-electron chi connectivity index (χ2n) is 5.50. The highest BCUT2D eigenvalue weighted by molar-refractivity contribution is 7.92. The molecular formula is C18H22N2O4S. The van der Waals surface area contributed by atoms with Gasteiger partial charge < -0.3 is 10.1 Å². The summed E-state index contributed by atoms with van der Waals surface area (Å²) in [4.78, 5) is 12.3. The summed E-state index contributed by atoms with van der Waals surface area (Å²) in [6.45, 7) is 2.81. The number of para-hydroxylation sites is 1. The van der Waals surface area contributed by atoms with Gasteiger partial charge in [0.1, 0.15) is 5.75 Å². The van der Waals surface area contributed by atoms with E-state index < -0.39 is 10.0 Å². The minimum Gasteiger partial charge on any atom is -0.494 e. The van der Waals surface area contributed by atoms with Gasteiger partial charge in [-0.1, -0.05) is 18.2 Å². The Bertz CT molecular complexity index is 832. The summed E-state index contributed by atoms with van der Waals surface area (Å²) in [7, 11) is -1.86. The van der Waals surface area contributed by atoms with E-state index in [0.717, 1.165) is 21.9 Å². The first-order chi connectivity index (χ1) is 11.8. The molecule has 25 heavy (non-hydrogen) atoms. The van der Waals surface area contributed by atoms with Crippen LogP contribution in [0.2, 0.25) is 0 Å². The van der Waals surface area contributed by atoms with E-state index in [1.807, 2.05) is 31.2 Å². The molecule has 0 aliphatic rings. The Morgan fingerprint density at radius 1 is 1.12 bits per heavy atom. The summed E-state index contributed by atoms with van der Waals surface area (Å²) < 4.78 is 29.8. The lowest BCUT2D eigenvalue weighted by Crippen LogP contribution is -2.25. The van der Waals surface area contributed by atoms with E-state index in [0.29, 0.717) is 24.4 Å². The molecular weight excluding hydrogens is 340 g/mol. The maximum absolute atomic E-state index is 12.3. The van der Waals surface area contributed by atoms with Crippen LogP contribution in [0, 0.1) is 0 Å². The van der Waals surface area contributed by atoms with Gasteiger partial charge in [0.05, 0.1) is 18.6 Å². The molecule has 1 N–H and O–H groups in total. The third-order valence-electron chi connectivity index (χ3n) is 3.70. The molecule has 2 rings (SSSR count). The van der Waals surface area contributed by atoms with E-state index in [9.17, 15) is 13.2 Å². The highest BCUT2D eigenvalue weighted by atomic mass is 32.2. The number of anilines is 1. The summed E-state index contributed by atoms with van der Waals surface area (Å²) >= 11 is 0. The molecule has 2 aromatic rings. The first-order valence-corrected chi connectivity index (χ1v) is 9.70. The minimum absolute atomic E-state index is 0.236. The molecule has 6 nitrogen and oxygen atoms in total. The van der Waals surface area contributed by atoms with Gasteiger partial charge >= 0.3 is 0 Å². The van der Waals surface area contributed by atoms with Crippen LogP contribution in [0.15, 0.2) is 48.5 Å². The summed E-state index contributed by atoms with van der Waals surface area (Å²) in [5.74, 6) is 0.510. The van der Waals surface area contributed by atoms with Crippen molar-refractivity contribution >= 4 is 21.6 Å². The Hall–Kier alpha value is -2.54. The molecule has 0 bridgehead atoms. The Balaban J connectivity index is 2.05. The van der Waals surface area contributed by atoms with Crippen LogP contribution in [0.25, 0.3) is 0 Å². The van der Waals surface area contributed by atoms with E-state index in [2.05, 4.69) is 5.32 Å². The summed E-state index contributed by atoms with van der Waals surface area (Å²) in [6.07, 6.45) is 1.13. The minimum atomic E-state index is -3.33. The topological polar surface area (TPSA) is 75.7 Å². The number of sulfonamides is 1. The fourth-order valence-electron chi connectivity index (χ4n) is 2.24. The van der Waals surface area contributed by atoms with Gasteiger partial charge in [0.2, 0.25) is 10.0 Å². The van der Waals surface area contributed by atoms with Gasteiger partial charge in [0.15, 0.2) is 0 Å². The molecule has 0 aliphatic carbocycles. The van der Waals surface area contributed by atoms with Crippen molar-refractivity contribution in [2.45, 2.75) is 13.5 Å². The normalized spacial score (nSPS) is 11.0. The first kappa shape index (κ1) is 18.8. The highest BCUT2D eigenvalue weighted by Gasteiger charge is 2.13. The zero-order chi connectivity index (χ0) is 18.4. The van der Waals surface area contributed by atoms with Crippen molar-refractivity contribution in [3.63, 3.8) is 0 Å². The lowest BCUT2D eigenvalue weighted by atomic mass is 10.1. The van der Waals surface area contributed by atoms with Crippen molar-refractivity contribution in [1.29, 1.82) is 0 Å². The van der Waals surface area contributed by atoms with Gasteiger partial charge in [-0.15, -0.1) is 0 Å². The van der Waals surface area contributed by atoms with Gasteiger partial charge in [-0.3, -0.25) is 9.10 Å². The first-order valence-electron chi connectivity index (χ1n) is 7.85. The predicted octanol–water partition coefficient (Wildman–Crippen LogP) is 2.41. The quantitative estimate of drug-likeness (QED) is 0.821. The largest absolute Gasteiger partial charge is 0.494 e. The molecule has 0 aromatic heterocycles. The summed E-state index contributed by atoms with van der Waals surface area (Å²) in [5.41, 5.74) is 1.85. The monoisotopic (exact) mass is 362 g/mol. The van der Waals surface area contributed by atoms with Crippen molar-refractivity contribution in [1.82, 2.24) is 5.32 Å². The van der Waals surface area contributed by atoms with E-state index in [1.165, 1.54) is 7.05 Å². The van der Waals surface area contributed by atoms with Crippen LogP contribution in [0.4, 0.5) is 5.69 Å². The average molecular weight is 362 g/mol. The third-order valence-corrected chi connectivity index (χ3v) is 4.91. The maximum atomic E-state index is 12.3. The van der Waals surface area contributed by atoms with Gasteiger partial charge in [-0.2, -0.15) is 0 Å². The Labute approximate surface area is 148 Å². The average Bonchev–Trinajstić information content (AvgIpc) is 2.59. The number of amides is 1. The predicted molar refractivity (Wildman–Crippen MR) is 98.5 cm³/mol. The van der Waals surface area contributed by atoms with Gasteiger partial charge in [0.25, 0.3) is 5.91 Å². The number of ether oxygens (including phenoxy) is 1. The van der Waals surface area contributed by atoms with Crippen molar-refractivity contribution < 1.29 is 17.9 Å².